The summed E-state index contributed by atoms with van der Waals surface area (Å²) < 4.78 is 31.5. The van der Waals surface area contributed by atoms with Crippen LogP contribution in [0.25, 0.3) is 10.7 Å². The van der Waals surface area contributed by atoms with Crippen LogP contribution in [0.3, 0.4) is 0 Å². The van der Waals surface area contributed by atoms with E-state index in [0.29, 0.717) is 16.4 Å². The Morgan fingerprint density at radius 1 is 1.15 bits per heavy atom. The van der Waals surface area contributed by atoms with Gasteiger partial charge in [-0.15, -0.1) is 11.3 Å². The number of esters is 1. The van der Waals surface area contributed by atoms with Crippen LogP contribution in [0.4, 0.5) is 8.78 Å². The Labute approximate surface area is 151 Å². The van der Waals surface area contributed by atoms with Crippen molar-refractivity contribution in [2.75, 3.05) is 6.61 Å². The molecule has 0 spiro atoms. The molecule has 1 aromatic carbocycles. The predicted octanol–water partition coefficient (Wildman–Crippen LogP) is 3.45. The Bertz CT molecular complexity index is 945. The maximum absolute atomic E-state index is 13.5. The van der Waals surface area contributed by atoms with Crippen LogP contribution in [0.2, 0.25) is 0 Å². The lowest BCUT2D eigenvalue weighted by atomic mass is 10.1. The number of aromatic nitrogens is 2. The van der Waals surface area contributed by atoms with Crippen molar-refractivity contribution in [2.24, 2.45) is 0 Å². The van der Waals surface area contributed by atoms with Gasteiger partial charge in [0.1, 0.15) is 16.6 Å². The topological polar surface area (TPSA) is 69.2 Å². The number of thiazole rings is 1. The molecule has 0 unspecified atom stereocenters. The molecule has 0 N–H and O–H groups in total. The minimum Gasteiger partial charge on any atom is -0.457 e. The van der Waals surface area contributed by atoms with Gasteiger partial charge in [0.15, 0.2) is 6.61 Å². The lowest BCUT2D eigenvalue weighted by molar-refractivity contribution is -0.141. The maximum atomic E-state index is 13.5. The van der Waals surface area contributed by atoms with Crippen LogP contribution in [-0.2, 0) is 16.0 Å². The highest BCUT2D eigenvalue weighted by Crippen LogP contribution is 2.21. The highest BCUT2D eigenvalue weighted by Gasteiger charge is 2.16. The fraction of sp³-hybridized carbons (Fsp3) is 0.111. The first-order valence-electron chi connectivity index (χ1n) is 7.52. The van der Waals surface area contributed by atoms with E-state index < -0.39 is 35.6 Å². The summed E-state index contributed by atoms with van der Waals surface area (Å²) in [6, 6.07) is 7.93. The lowest BCUT2D eigenvalue weighted by Gasteiger charge is -2.04. The molecule has 0 radical (unpaired) electrons. The van der Waals surface area contributed by atoms with Gasteiger partial charge in [0.05, 0.1) is 23.4 Å². The van der Waals surface area contributed by atoms with E-state index >= 15 is 0 Å². The van der Waals surface area contributed by atoms with Crippen molar-refractivity contribution in [3.63, 3.8) is 0 Å². The molecule has 0 amide bonds. The van der Waals surface area contributed by atoms with E-state index in [1.165, 1.54) is 11.3 Å². The number of Topliss-reactive ketones (excluding diaryl/α,β-unsaturated/α-hetero) is 1. The van der Waals surface area contributed by atoms with Gasteiger partial charge >= 0.3 is 5.97 Å². The minimum atomic E-state index is -0.869. The van der Waals surface area contributed by atoms with Gasteiger partial charge in [-0.3, -0.25) is 14.6 Å². The second-order valence-electron chi connectivity index (χ2n) is 5.24. The summed E-state index contributed by atoms with van der Waals surface area (Å²) in [6.07, 6.45) is 1.50. The van der Waals surface area contributed by atoms with Crippen LogP contribution < -0.4 is 0 Å². The number of halogens is 2. The van der Waals surface area contributed by atoms with Crippen LogP contribution >= 0.6 is 11.3 Å². The number of carbonyl (C=O) groups is 2. The third-order valence-corrected chi connectivity index (χ3v) is 4.27. The molecule has 132 valence electrons. The number of pyridine rings is 1. The number of hydrogen-bond acceptors (Lipinski definition) is 6. The molecule has 0 saturated heterocycles. The highest BCUT2D eigenvalue weighted by molar-refractivity contribution is 7.13. The second-order valence-corrected chi connectivity index (χ2v) is 6.10. The van der Waals surface area contributed by atoms with Crippen LogP contribution in [0.5, 0.6) is 0 Å². The summed E-state index contributed by atoms with van der Waals surface area (Å²) >= 11 is 1.33. The summed E-state index contributed by atoms with van der Waals surface area (Å²) in [4.78, 5) is 32.2. The summed E-state index contributed by atoms with van der Waals surface area (Å²) in [5, 5.41) is 2.35. The zero-order chi connectivity index (χ0) is 18.5. The molecule has 2 aromatic heterocycles. The molecule has 0 aliphatic heterocycles. The average molecular weight is 374 g/mol. The molecule has 3 aromatic rings. The monoisotopic (exact) mass is 374 g/mol. The van der Waals surface area contributed by atoms with Crippen LogP contribution in [0.15, 0.2) is 48.0 Å². The quantitative estimate of drug-likeness (QED) is 0.488. The summed E-state index contributed by atoms with van der Waals surface area (Å²) in [6.45, 7) is -0.670. The normalized spacial score (nSPS) is 10.5. The van der Waals surface area contributed by atoms with E-state index in [2.05, 4.69) is 9.97 Å². The maximum Gasteiger partial charge on any atom is 0.312 e. The van der Waals surface area contributed by atoms with E-state index in [1.54, 1.807) is 23.7 Å². The van der Waals surface area contributed by atoms with Gasteiger partial charge in [-0.1, -0.05) is 6.07 Å². The summed E-state index contributed by atoms with van der Waals surface area (Å²) in [5.74, 6) is -3.12. The largest absolute Gasteiger partial charge is 0.457 e. The number of nitrogens with zero attached hydrogens (tertiary/aromatic N) is 2. The van der Waals surface area contributed by atoms with Gasteiger partial charge in [-0.2, -0.15) is 0 Å². The first-order chi connectivity index (χ1) is 12.5. The van der Waals surface area contributed by atoms with Crippen molar-refractivity contribution in [3.8, 4) is 10.7 Å². The van der Waals surface area contributed by atoms with E-state index in [1.807, 2.05) is 6.07 Å². The van der Waals surface area contributed by atoms with Crippen molar-refractivity contribution in [3.05, 3.63) is 70.9 Å². The molecule has 5 nitrogen and oxygen atoms in total. The lowest BCUT2D eigenvalue weighted by Crippen LogP contribution is -2.17. The molecule has 0 saturated carbocycles. The number of carbonyl (C=O) groups excluding carboxylic acids is 2. The molecule has 0 aliphatic rings. The van der Waals surface area contributed by atoms with Crippen molar-refractivity contribution in [1.29, 1.82) is 0 Å². The van der Waals surface area contributed by atoms with Crippen LogP contribution in [0.1, 0.15) is 16.1 Å². The Morgan fingerprint density at radius 2 is 2.00 bits per heavy atom. The van der Waals surface area contributed by atoms with Gasteiger partial charge in [0.25, 0.3) is 0 Å². The molecule has 3 rings (SSSR count). The van der Waals surface area contributed by atoms with Crippen molar-refractivity contribution < 1.29 is 23.1 Å². The van der Waals surface area contributed by atoms with E-state index in [9.17, 15) is 18.4 Å². The smallest absolute Gasteiger partial charge is 0.312 e. The van der Waals surface area contributed by atoms with Gasteiger partial charge in [0, 0.05) is 11.6 Å². The predicted molar refractivity (Wildman–Crippen MR) is 90.7 cm³/mol. The first kappa shape index (κ1) is 17.8. The SMILES string of the molecule is O=C(Cc1csc(-c2ccccn2)n1)OCC(=O)c1cc(F)ccc1F. The first-order valence-corrected chi connectivity index (χ1v) is 8.40. The Kier molecular flexibility index (Phi) is 5.43. The van der Waals surface area contributed by atoms with Crippen molar-refractivity contribution in [1.82, 2.24) is 9.97 Å². The second kappa shape index (κ2) is 7.92. The third kappa shape index (κ3) is 4.34. The molecule has 0 bridgehead atoms. The molecular weight excluding hydrogens is 362 g/mol. The summed E-state index contributed by atoms with van der Waals surface area (Å²) in [5.41, 5.74) is 0.711. The molecule has 26 heavy (non-hydrogen) atoms. The number of rotatable bonds is 6. The Morgan fingerprint density at radius 3 is 2.77 bits per heavy atom. The zero-order valence-electron chi connectivity index (χ0n) is 13.3. The van der Waals surface area contributed by atoms with E-state index in [4.69, 9.17) is 4.74 Å². The number of ether oxygens (including phenoxy) is 1. The third-order valence-electron chi connectivity index (χ3n) is 3.35. The number of ketones is 1. The molecule has 0 fully saturated rings. The molecular formula is C18H12F2N2O3S. The fourth-order valence-corrected chi connectivity index (χ4v) is 2.92. The average Bonchev–Trinajstić information content (AvgIpc) is 3.11. The molecule has 0 aliphatic carbocycles. The minimum absolute atomic E-state index is 0.137. The number of hydrogen-bond donors (Lipinski definition) is 0. The van der Waals surface area contributed by atoms with Crippen molar-refractivity contribution >= 4 is 23.1 Å². The zero-order valence-corrected chi connectivity index (χ0v) is 14.1. The van der Waals surface area contributed by atoms with Crippen LogP contribution in [0, 0.1) is 11.6 Å². The van der Waals surface area contributed by atoms with Gasteiger partial charge in [-0.25, -0.2) is 13.8 Å². The van der Waals surface area contributed by atoms with Gasteiger partial charge < -0.3 is 4.74 Å². The van der Waals surface area contributed by atoms with E-state index in [-0.39, 0.29) is 6.42 Å². The Balaban J connectivity index is 1.57. The van der Waals surface area contributed by atoms with Gasteiger partial charge in [-0.05, 0) is 30.3 Å². The highest BCUT2D eigenvalue weighted by atomic mass is 32.1. The Hall–Kier alpha value is -3.00. The molecule has 0 atom stereocenters. The standard InChI is InChI=1S/C18H12F2N2O3S/c19-11-4-5-14(20)13(7-11)16(23)9-25-17(24)8-12-10-26-18(22-12)15-3-1-2-6-21-15/h1-7,10H,8-9H2. The fourth-order valence-electron chi connectivity index (χ4n) is 2.13. The summed E-state index contributed by atoms with van der Waals surface area (Å²) in [7, 11) is 0. The molecule has 2 heterocycles. The van der Waals surface area contributed by atoms with Crippen molar-refractivity contribution in [2.45, 2.75) is 6.42 Å². The molecule has 8 heteroatoms. The number of benzene rings is 1. The van der Waals surface area contributed by atoms with Crippen LogP contribution in [-0.4, -0.2) is 28.3 Å². The van der Waals surface area contributed by atoms with E-state index in [0.717, 1.165) is 18.2 Å². The van der Waals surface area contributed by atoms with Gasteiger partial charge in [0.2, 0.25) is 5.78 Å².